The number of nitrogens with zero attached hydrogens (tertiary/aromatic N) is 1. The third kappa shape index (κ3) is 3.27. The predicted octanol–water partition coefficient (Wildman–Crippen LogP) is 4.29. The van der Waals surface area contributed by atoms with Gasteiger partial charge in [-0.3, -0.25) is 4.99 Å². The number of benzene rings is 1. The molecule has 0 N–H and O–H groups in total. The molecule has 0 bridgehead atoms. The number of aliphatic imine (C=N–C) groups is 1. The predicted molar refractivity (Wildman–Crippen MR) is 72.7 cm³/mol. The Hall–Kier alpha value is -0.450. The molecule has 0 radical (unpaired) electrons. The van der Waals surface area contributed by atoms with Crippen LogP contribution in [0.25, 0.3) is 0 Å². The van der Waals surface area contributed by atoms with Gasteiger partial charge in [-0.05, 0) is 38.1 Å². The van der Waals surface area contributed by atoms with E-state index < -0.39 is 0 Å². The Kier molecular flexibility index (Phi) is 4.75. The second-order valence-electron chi connectivity index (χ2n) is 3.60. The molecule has 1 aromatic carbocycles. The standard InChI is InChI=1S/C12H15NOS2/c1-13-10-6-2-3-7-11(10)15-16-12-8-4-5-9-14-12/h2-3,6-7,12H,1,4-5,8-9H2. The summed E-state index contributed by atoms with van der Waals surface area (Å²) in [7, 11) is 3.52. The van der Waals surface area contributed by atoms with Crippen LogP contribution in [0.2, 0.25) is 0 Å². The van der Waals surface area contributed by atoms with Crippen LogP contribution in [0.5, 0.6) is 0 Å². The molecule has 0 amide bonds. The highest BCUT2D eigenvalue weighted by atomic mass is 33.1. The smallest absolute Gasteiger partial charge is 0.113 e. The molecule has 16 heavy (non-hydrogen) atoms. The van der Waals surface area contributed by atoms with Gasteiger partial charge < -0.3 is 4.74 Å². The first-order chi connectivity index (χ1) is 7.90. The van der Waals surface area contributed by atoms with Crippen LogP contribution in [0, 0.1) is 0 Å². The zero-order chi connectivity index (χ0) is 11.2. The Labute approximate surface area is 104 Å². The average molecular weight is 253 g/mol. The molecule has 0 spiro atoms. The van der Waals surface area contributed by atoms with Crippen LogP contribution in [-0.4, -0.2) is 18.8 Å². The van der Waals surface area contributed by atoms with Gasteiger partial charge in [0.15, 0.2) is 0 Å². The van der Waals surface area contributed by atoms with E-state index in [1.807, 2.05) is 18.2 Å². The Bertz CT molecular complexity index is 351. The average Bonchev–Trinajstić information content (AvgIpc) is 2.38. The van der Waals surface area contributed by atoms with E-state index in [2.05, 4.69) is 17.8 Å². The molecule has 1 heterocycles. The van der Waals surface area contributed by atoms with Crippen LogP contribution in [0.4, 0.5) is 5.69 Å². The molecule has 1 unspecified atom stereocenters. The number of hydrogen-bond acceptors (Lipinski definition) is 4. The van der Waals surface area contributed by atoms with Crippen molar-refractivity contribution in [3.8, 4) is 0 Å². The normalized spacial score (nSPS) is 20.6. The minimum Gasteiger partial charge on any atom is -0.367 e. The molecule has 2 nitrogen and oxygen atoms in total. The summed E-state index contributed by atoms with van der Waals surface area (Å²) in [6.07, 6.45) is 3.63. The first kappa shape index (κ1) is 12.0. The van der Waals surface area contributed by atoms with Crippen molar-refractivity contribution in [2.45, 2.75) is 29.6 Å². The van der Waals surface area contributed by atoms with Gasteiger partial charge in [0.25, 0.3) is 0 Å². The zero-order valence-corrected chi connectivity index (χ0v) is 10.7. The van der Waals surface area contributed by atoms with Crippen LogP contribution in [-0.2, 0) is 4.74 Å². The summed E-state index contributed by atoms with van der Waals surface area (Å²) in [6.45, 7) is 4.48. The van der Waals surface area contributed by atoms with Crippen molar-refractivity contribution >= 4 is 34.0 Å². The SMILES string of the molecule is C=Nc1ccccc1SSC1CCCCO1. The van der Waals surface area contributed by atoms with Gasteiger partial charge >= 0.3 is 0 Å². The molecule has 1 atom stereocenters. The highest BCUT2D eigenvalue weighted by Crippen LogP contribution is 2.41. The van der Waals surface area contributed by atoms with Gasteiger partial charge in [-0.2, -0.15) is 0 Å². The molecule has 4 heteroatoms. The molecule has 2 rings (SSSR count). The first-order valence-electron chi connectivity index (χ1n) is 5.41. The van der Waals surface area contributed by atoms with Crippen molar-refractivity contribution in [3.05, 3.63) is 24.3 Å². The summed E-state index contributed by atoms with van der Waals surface area (Å²) in [5.41, 5.74) is 1.28. The monoisotopic (exact) mass is 253 g/mol. The maximum Gasteiger partial charge on any atom is 0.113 e. The summed E-state index contributed by atoms with van der Waals surface area (Å²) < 4.78 is 5.67. The minimum atomic E-state index is 0.330. The van der Waals surface area contributed by atoms with Gasteiger partial charge in [0.05, 0.1) is 5.69 Å². The van der Waals surface area contributed by atoms with Crippen LogP contribution < -0.4 is 0 Å². The fourth-order valence-corrected chi connectivity index (χ4v) is 4.04. The van der Waals surface area contributed by atoms with E-state index in [1.165, 1.54) is 12.8 Å². The fourth-order valence-electron chi connectivity index (χ4n) is 1.55. The molecule has 1 aliphatic heterocycles. The molecular formula is C12H15NOS2. The lowest BCUT2D eigenvalue weighted by molar-refractivity contribution is 0.0738. The van der Waals surface area contributed by atoms with Crippen LogP contribution in [0.15, 0.2) is 34.2 Å². The third-order valence-corrected chi connectivity index (χ3v) is 5.10. The van der Waals surface area contributed by atoms with Gasteiger partial charge in [-0.15, -0.1) is 0 Å². The fraction of sp³-hybridized carbons (Fsp3) is 0.417. The van der Waals surface area contributed by atoms with E-state index in [4.69, 9.17) is 4.74 Å². The Morgan fingerprint density at radius 1 is 1.31 bits per heavy atom. The number of rotatable bonds is 4. The molecule has 1 aliphatic rings. The Morgan fingerprint density at radius 2 is 2.19 bits per heavy atom. The molecule has 0 aliphatic carbocycles. The van der Waals surface area contributed by atoms with Crippen molar-refractivity contribution in [2.24, 2.45) is 4.99 Å². The number of hydrogen-bond donors (Lipinski definition) is 0. The molecule has 1 fully saturated rings. The summed E-state index contributed by atoms with van der Waals surface area (Å²) in [6, 6.07) is 8.07. The molecule has 0 aromatic heterocycles. The molecule has 0 saturated carbocycles. The van der Waals surface area contributed by atoms with E-state index in [9.17, 15) is 0 Å². The minimum absolute atomic E-state index is 0.330. The van der Waals surface area contributed by atoms with Crippen molar-refractivity contribution in [2.75, 3.05) is 6.61 Å². The lowest BCUT2D eigenvalue weighted by Crippen LogP contribution is -2.14. The van der Waals surface area contributed by atoms with E-state index >= 15 is 0 Å². The van der Waals surface area contributed by atoms with Gasteiger partial charge in [-0.25, -0.2) is 0 Å². The third-order valence-electron chi connectivity index (χ3n) is 2.42. The number of ether oxygens (including phenoxy) is 1. The molecule has 1 aromatic rings. The van der Waals surface area contributed by atoms with Crippen molar-refractivity contribution in [1.82, 2.24) is 0 Å². The lowest BCUT2D eigenvalue weighted by Gasteiger charge is -2.21. The number of para-hydroxylation sites is 1. The van der Waals surface area contributed by atoms with E-state index in [-0.39, 0.29) is 0 Å². The van der Waals surface area contributed by atoms with Crippen LogP contribution >= 0.6 is 21.6 Å². The Morgan fingerprint density at radius 3 is 2.94 bits per heavy atom. The summed E-state index contributed by atoms with van der Waals surface area (Å²) >= 11 is 0. The summed E-state index contributed by atoms with van der Waals surface area (Å²) in [5, 5.41) is 0. The Balaban J connectivity index is 1.90. The highest BCUT2D eigenvalue weighted by Gasteiger charge is 2.15. The summed E-state index contributed by atoms with van der Waals surface area (Å²) in [4.78, 5) is 5.17. The topological polar surface area (TPSA) is 21.6 Å². The zero-order valence-electron chi connectivity index (χ0n) is 9.09. The van der Waals surface area contributed by atoms with Crippen molar-refractivity contribution in [3.63, 3.8) is 0 Å². The first-order valence-corrected chi connectivity index (χ1v) is 7.62. The van der Waals surface area contributed by atoms with Crippen LogP contribution in [0.3, 0.4) is 0 Å². The summed E-state index contributed by atoms with van der Waals surface area (Å²) in [5.74, 6) is 0. The lowest BCUT2D eigenvalue weighted by atomic mass is 10.2. The highest BCUT2D eigenvalue weighted by molar-refractivity contribution is 8.76. The van der Waals surface area contributed by atoms with E-state index in [0.29, 0.717) is 5.44 Å². The molecule has 86 valence electrons. The van der Waals surface area contributed by atoms with Gasteiger partial charge in [0.2, 0.25) is 0 Å². The quantitative estimate of drug-likeness (QED) is 0.590. The van der Waals surface area contributed by atoms with Crippen LogP contribution in [0.1, 0.15) is 19.3 Å². The van der Waals surface area contributed by atoms with E-state index in [0.717, 1.165) is 23.6 Å². The van der Waals surface area contributed by atoms with Crippen molar-refractivity contribution < 1.29 is 4.74 Å². The largest absolute Gasteiger partial charge is 0.367 e. The van der Waals surface area contributed by atoms with Gasteiger partial charge in [0, 0.05) is 11.5 Å². The van der Waals surface area contributed by atoms with E-state index in [1.54, 1.807) is 21.6 Å². The molecule has 1 saturated heterocycles. The van der Waals surface area contributed by atoms with Gasteiger partial charge in [-0.1, -0.05) is 33.7 Å². The second kappa shape index (κ2) is 6.33. The maximum atomic E-state index is 5.67. The van der Waals surface area contributed by atoms with Crippen molar-refractivity contribution in [1.29, 1.82) is 0 Å². The molecular weight excluding hydrogens is 238 g/mol. The van der Waals surface area contributed by atoms with Gasteiger partial charge in [0.1, 0.15) is 5.44 Å². The maximum absolute atomic E-state index is 5.67. The second-order valence-corrected chi connectivity index (χ2v) is 6.00.